The molecule has 0 bridgehead atoms. The van der Waals surface area contributed by atoms with Crippen LogP contribution in [0.2, 0.25) is 0 Å². The van der Waals surface area contributed by atoms with Gasteiger partial charge in [-0.3, -0.25) is 0 Å². The summed E-state index contributed by atoms with van der Waals surface area (Å²) in [7, 11) is 0.750. The van der Waals surface area contributed by atoms with Crippen molar-refractivity contribution in [1.29, 1.82) is 0 Å². The molecule has 1 saturated heterocycles. The van der Waals surface area contributed by atoms with Gasteiger partial charge in [0.25, 0.3) is 0 Å². The Kier molecular flexibility index (Phi) is 7.77. The van der Waals surface area contributed by atoms with Crippen molar-refractivity contribution in [3.63, 3.8) is 0 Å². The molecule has 0 aromatic carbocycles. The molecule has 0 aliphatic carbocycles. The molecule has 1 rings (SSSR count). The third kappa shape index (κ3) is 5.76. The molecule has 0 aromatic heterocycles. The Morgan fingerprint density at radius 3 is 1.78 bits per heavy atom. The van der Waals surface area contributed by atoms with Crippen LogP contribution >= 0.6 is 0 Å². The fourth-order valence-corrected chi connectivity index (χ4v) is 0.585. The summed E-state index contributed by atoms with van der Waals surface area (Å²) >= 11 is 0. The van der Waals surface area contributed by atoms with Crippen LogP contribution in [0.25, 0.3) is 0 Å². The molecule has 1 aliphatic heterocycles. The predicted octanol–water partition coefficient (Wildman–Crippen LogP) is -0.600. The largest absolute Gasteiger partial charge is 0.857 e. The maximum Gasteiger partial charge on any atom is 0.0700 e. The lowest BCUT2D eigenvalue weighted by molar-refractivity contribution is -0.325. The first-order valence-electron chi connectivity index (χ1n) is 3.06. The van der Waals surface area contributed by atoms with E-state index in [4.69, 9.17) is 14.6 Å². The normalized spacial score (nSPS) is 19.3. The minimum Gasteiger partial charge on any atom is -0.857 e. The second-order valence-corrected chi connectivity index (χ2v) is 1.58. The van der Waals surface area contributed by atoms with Crippen molar-refractivity contribution >= 4 is 0 Å². The molecule has 56 valence electrons. The molecule has 0 radical (unpaired) electrons. The number of rotatable bonds is 0. The summed E-state index contributed by atoms with van der Waals surface area (Å²) < 4.78 is 10.1. The average Bonchev–Trinajstić information content (AvgIpc) is 2.21. The second-order valence-electron chi connectivity index (χ2n) is 1.58. The van der Waals surface area contributed by atoms with Crippen molar-refractivity contribution in [1.82, 2.24) is 0 Å². The Hall–Kier alpha value is -0.120. The van der Waals surface area contributed by atoms with E-state index in [-0.39, 0.29) is 0 Å². The zero-order valence-corrected chi connectivity index (χ0v) is 5.76. The van der Waals surface area contributed by atoms with Crippen LogP contribution in [0, 0.1) is 0 Å². The zero-order valence-electron chi connectivity index (χ0n) is 5.76. The first-order chi connectivity index (χ1) is 4.50. The average molecular weight is 133 g/mol. The fourth-order valence-electron chi connectivity index (χ4n) is 0.585. The third-order valence-electron chi connectivity index (χ3n) is 0.949. The summed E-state index contributed by atoms with van der Waals surface area (Å²) in [5.74, 6) is 0. The van der Waals surface area contributed by atoms with Crippen LogP contribution in [0.3, 0.4) is 0 Å². The van der Waals surface area contributed by atoms with E-state index in [2.05, 4.69) is 0 Å². The highest BCUT2D eigenvalue weighted by Gasteiger charge is 1.94. The lowest BCUT2D eigenvalue weighted by Gasteiger charge is -1.91. The van der Waals surface area contributed by atoms with Gasteiger partial charge in [0.1, 0.15) is 0 Å². The van der Waals surface area contributed by atoms with Crippen LogP contribution < -0.4 is 5.11 Å². The van der Waals surface area contributed by atoms with Crippen LogP contribution in [0.5, 0.6) is 0 Å². The summed E-state index contributed by atoms with van der Waals surface area (Å²) in [4.78, 5) is 0. The second kappa shape index (κ2) is 7.88. The quantitative estimate of drug-likeness (QED) is 0.443. The molecule has 0 N–H and O–H groups in total. The van der Waals surface area contributed by atoms with Crippen LogP contribution in [0.15, 0.2) is 0 Å². The van der Waals surface area contributed by atoms with Crippen LogP contribution in [0.4, 0.5) is 0 Å². The first kappa shape index (κ1) is 8.88. The summed E-state index contributed by atoms with van der Waals surface area (Å²) in [6.07, 6.45) is 1.06. The van der Waals surface area contributed by atoms with Gasteiger partial charge in [-0.25, -0.2) is 0 Å². The van der Waals surface area contributed by atoms with Gasteiger partial charge in [-0.05, 0) is 6.42 Å². The molecule has 0 aromatic rings. The molecule has 1 aliphatic rings. The van der Waals surface area contributed by atoms with Crippen LogP contribution in [-0.2, 0) is 9.47 Å². The SMILES string of the molecule is C1COCCOC1.C[O-]. The molecule has 0 unspecified atom stereocenters. The lowest BCUT2D eigenvalue weighted by Crippen LogP contribution is -1.96. The van der Waals surface area contributed by atoms with E-state index in [1.54, 1.807) is 0 Å². The van der Waals surface area contributed by atoms with Crippen molar-refractivity contribution in [2.24, 2.45) is 0 Å². The maximum absolute atomic E-state index is 8.25. The summed E-state index contributed by atoms with van der Waals surface area (Å²) in [5, 5.41) is 8.25. The monoisotopic (exact) mass is 133 g/mol. The van der Waals surface area contributed by atoms with Gasteiger partial charge in [0.15, 0.2) is 0 Å². The Labute approximate surface area is 55.6 Å². The molecule has 9 heavy (non-hydrogen) atoms. The van der Waals surface area contributed by atoms with Gasteiger partial charge in [-0.2, -0.15) is 7.11 Å². The van der Waals surface area contributed by atoms with E-state index in [0.29, 0.717) is 0 Å². The zero-order chi connectivity index (χ0) is 6.95. The van der Waals surface area contributed by atoms with Gasteiger partial charge >= 0.3 is 0 Å². The molecule has 0 amide bonds. The lowest BCUT2D eigenvalue weighted by atomic mass is 10.5. The van der Waals surface area contributed by atoms with Crippen LogP contribution in [-0.4, -0.2) is 33.5 Å². The molecule has 3 heteroatoms. The number of hydrogen-bond acceptors (Lipinski definition) is 3. The minimum atomic E-state index is 0.750. The number of ether oxygens (including phenoxy) is 2. The van der Waals surface area contributed by atoms with E-state index in [9.17, 15) is 0 Å². The highest BCUT2D eigenvalue weighted by Crippen LogP contribution is 1.90. The van der Waals surface area contributed by atoms with Gasteiger partial charge in [-0.15, -0.1) is 0 Å². The molecule has 0 atom stereocenters. The molecule has 1 fully saturated rings. The Morgan fingerprint density at radius 1 is 0.889 bits per heavy atom. The van der Waals surface area contributed by atoms with E-state index in [1.165, 1.54) is 0 Å². The highest BCUT2D eigenvalue weighted by atomic mass is 16.5. The minimum absolute atomic E-state index is 0.750. The van der Waals surface area contributed by atoms with E-state index < -0.39 is 0 Å². The maximum atomic E-state index is 8.25. The fraction of sp³-hybridized carbons (Fsp3) is 1.00. The van der Waals surface area contributed by atoms with Gasteiger partial charge in [-0.1, -0.05) is 0 Å². The van der Waals surface area contributed by atoms with E-state index in [0.717, 1.165) is 40.0 Å². The predicted molar refractivity (Wildman–Crippen MR) is 32.2 cm³/mol. The molecule has 1 heterocycles. The van der Waals surface area contributed by atoms with Gasteiger partial charge in [0.2, 0.25) is 0 Å². The van der Waals surface area contributed by atoms with Crippen molar-refractivity contribution < 1.29 is 14.6 Å². The smallest absolute Gasteiger partial charge is 0.0700 e. The Morgan fingerprint density at radius 2 is 1.33 bits per heavy atom. The van der Waals surface area contributed by atoms with Gasteiger partial charge < -0.3 is 14.6 Å². The van der Waals surface area contributed by atoms with Crippen molar-refractivity contribution in [2.75, 3.05) is 33.5 Å². The topological polar surface area (TPSA) is 41.5 Å². The van der Waals surface area contributed by atoms with Crippen molar-refractivity contribution in [3.8, 4) is 0 Å². The van der Waals surface area contributed by atoms with E-state index >= 15 is 0 Å². The molecule has 0 saturated carbocycles. The standard InChI is InChI=1S/C5H10O2.CH3O/c1-2-6-4-5-7-3-1;1-2/h1-5H2;1H3/q;-1. The molecular formula is C6H13O3-. The summed E-state index contributed by atoms with van der Waals surface area (Å²) in [6.45, 7) is 3.31. The third-order valence-corrected chi connectivity index (χ3v) is 0.949. The Balaban J connectivity index is 0.000000291. The van der Waals surface area contributed by atoms with Crippen molar-refractivity contribution in [2.45, 2.75) is 6.42 Å². The van der Waals surface area contributed by atoms with E-state index in [1.807, 2.05) is 0 Å². The highest BCUT2D eigenvalue weighted by molar-refractivity contribution is 4.39. The molecule has 3 nitrogen and oxygen atoms in total. The van der Waals surface area contributed by atoms with Gasteiger partial charge in [0.05, 0.1) is 13.2 Å². The summed E-state index contributed by atoms with van der Waals surface area (Å²) in [5.41, 5.74) is 0. The molecular weight excluding hydrogens is 120 g/mol. The first-order valence-corrected chi connectivity index (χ1v) is 3.06. The Bertz CT molecular complexity index is 27.9. The van der Waals surface area contributed by atoms with Crippen molar-refractivity contribution in [3.05, 3.63) is 0 Å². The number of hydrogen-bond donors (Lipinski definition) is 0. The summed E-state index contributed by atoms with van der Waals surface area (Å²) in [6, 6.07) is 0. The molecule has 0 spiro atoms. The van der Waals surface area contributed by atoms with Gasteiger partial charge in [0, 0.05) is 13.2 Å². The van der Waals surface area contributed by atoms with Crippen LogP contribution in [0.1, 0.15) is 6.42 Å².